The van der Waals surface area contributed by atoms with Gasteiger partial charge in [-0.1, -0.05) is 12.1 Å². The fourth-order valence-corrected chi connectivity index (χ4v) is 2.44. The number of fused-ring (bicyclic) bond motifs is 2. The Hall–Kier alpha value is -2.30. The van der Waals surface area contributed by atoms with E-state index in [1.54, 1.807) is 6.07 Å². The lowest BCUT2D eigenvalue weighted by atomic mass is 10.1. The zero-order valence-corrected chi connectivity index (χ0v) is 10.7. The van der Waals surface area contributed by atoms with Crippen LogP contribution in [0.1, 0.15) is 12.5 Å². The number of pyridine rings is 1. The summed E-state index contributed by atoms with van der Waals surface area (Å²) in [6, 6.07) is 7.35. The normalized spacial score (nSPS) is 17.1. The van der Waals surface area contributed by atoms with Crippen LogP contribution in [0.15, 0.2) is 29.1 Å². The lowest BCUT2D eigenvalue weighted by Crippen LogP contribution is -2.21. The lowest BCUT2D eigenvalue weighted by Gasteiger charge is -2.13. The number of aromatic nitrogens is 1. The predicted molar refractivity (Wildman–Crippen MR) is 69.1 cm³/mol. The average Bonchev–Trinajstić information content (AvgIpc) is 2.79. The second-order valence-corrected chi connectivity index (χ2v) is 4.55. The molecule has 0 spiro atoms. The summed E-state index contributed by atoms with van der Waals surface area (Å²) in [6.45, 7) is 1.32. The topological polar surface area (TPSA) is 57.5 Å². The quantitative estimate of drug-likeness (QED) is 0.726. The Morgan fingerprint density at radius 3 is 2.89 bits per heavy atom. The van der Waals surface area contributed by atoms with Gasteiger partial charge in [0.1, 0.15) is 0 Å². The highest BCUT2D eigenvalue weighted by Crippen LogP contribution is 2.29. The van der Waals surface area contributed by atoms with Crippen molar-refractivity contribution in [1.29, 1.82) is 0 Å². The molecule has 1 aliphatic rings. The molecule has 2 aromatic rings. The van der Waals surface area contributed by atoms with Gasteiger partial charge in [-0.05, 0) is 12.1 Å². The van der Waals surface area contributed by atoms with Gasteiger partial charge < -0.3 is 14.0 Å². The lowest BCUT2D eigenvalue weighted by molar-refractivity contribution is -0.158. The van der Waals surface area contributed by atoms with Gasteiger partial charge >= 0.3 is 5.97 Å². The first-order chi connectivity index (χ1) is 9.08. The van der Waals surface area contributed by atoms with E-state index in [-0.39, 0.29) is 5.43 Å². The van der Waals surface area contributed by atoms with Crippen molar-refractivity contribution in [2.75, 3.05) is 0 Å². The zero-order valence-electron chi connectivity index (χ0n) is 10.7. The third-order valence-electron chi connectivity index (χ3n) is 3.26. The predicted octanol–water partition coefficient (Wildman–Crippen LogP) is 1.36. The Kier molecular flexibility index (Phi) is 2.55. The van der Waals surface area contributed by atoms with Crippen LogP contribution in [0.4, 0.5) is 0 Å². The van der Waals surface area contributed by atoms with Crippen LogP contribution < -0.4 is 10.2 Å². The van der Waals surface area contributed by atoms with E-state index in [4.69, 9.17) is 9.47 Å². The molecule has 5 nitrogen and oxygen atoms in total. The maximum atomic E-state index is 12.4. The summed E-state index contributed by atoms with van der Waals surface area (Å²) in [5, 5.41) is 0.649. The number of aryl methyl sites for hydroxylation is 1. The van der Waals surface area contributed by atoms with E-state index in [1.165, 1.54) is 6.92 Å². The van der Waals surface area contributed by atoms with Crippen LogP contribution in [0.25, 0.3) is 10.9 Å². The van der Waals surface area contributed by atoms with Gasteiger partial charge in [0.2, 0.25) is 12.2 Å². The summed E-state index contributed by atoms with van der Waals surface area (Å²) in [6.07, 6.45) is -0.407. The summed E-state index contributed by atoms with van der Waals surface area (Å²) >= 11 is 0. The summed E-state index contributed by atoms with van der Waals surface area (Å²) in [5.74, 6) is 0.0624. The molecule has 0 saturated heterocycles. The highest BCUT2D eigenvalue weighted by molar-refractivity contribution is 5.81. The Balaban J connectivity index is 2.17. The number of hydrogen-bond donors (Lipinski definition) is 0. The van der Waals surface area contributed by atoms with Gasteiger partial charge in [0.15, 0.2) is 5.43 Å². The number of carbonyl (C=O) groups excluding carboxylic acids is 1. The molecule has 1 aromatic carbocycles. The maximum Gasteiger partial charge on any atom is 0.305 e. The van der Waals surface area contributed by atoms with Crippen molar-refractivity contribution < 1.29 is 14.3 Å². The number of rotatable bonds is 1. The van der Waals surface area contributed by atoms with E-state index in [2.05, 4.69) is 0 Å². The third-order valence-corrected chi connectivity index (χ3v) is 3.26. The fourth-order valence-electron chi connectivity index (χ4n) is 2.44. The standard InChI is InChI=1S/C14H13NO4/c1-8(16)18-12-7-10-13(17)9-5-3-4-6-11(9)15(2)14(10)19-12/h3-6,12H,7H2,1-2H3. The van der Waals surface area contributed by atoms with Gasteiger partial charge in [0.25, 0.3) is 0 Å². The number of esters is 1. The van der Waals surface area contributed by atoms with Gasteiger partial charge in [0, 0.05) is 19.4 Å². The second-order valence-electron chi connectivity index (χ2n) is 4.55. The van der Waals surface area contributed by atoms with Crippen LogP contribution in [-0.4, -0.2) is 16.8 Å². The van der Waals surface area contributed by atoms with Crippen molar-refractivity contribution in [1.82, 2.24) is 4.57 Å². The van der Waals surface area contributed by atoms with E-state index in [1.807, 2.05) is 29.8 Å². The maximum absolute atomic E-state index is 12.4. The first-order valence-corrected chi connectivity index (χ1v) is 6.02. The van der Waals surface area contributed by atoms with E-state index in [0.29, 0.717) is 23.3 Å². The van der Waals surface area contributed by atoms with Crippen LogP contribution in [-0.2, 0) is 23.0 Å². The summed E-state index contributed by atoms with van der Waals surface area (Å²) in [4.78, 5) is 23.3. The molecule has 1 atom stereocenters. The summed E-state index contributed by atoms with van der Waals surface area (Å²) in [5.41, 5.74) is 1.31. The molecular formula is C14H13NO4. The number of ether oxygens (including phenoxy) is 2. The first kappa shape index (κ1) is 11.8. The molecule has 5 heteroatoms. The van der Waals surface area contributed by atoms with Crippen LogP contribution in [0.5, 0.6) is 5.88 Å². The molecule has 0 amide bonds. The zero-order chi connectivity index (χ0) is 13.6. The highest BCUT2D eigenvalue weighted by Gasteiger charge is 2.30. The van der Waals surface area contributed by atoms with Crippen LogP contribution in [0.3, 0.4) is 0 Å². The molecule has 0 bridgehead atoms. The Labute approximate surface area is 109 Å². The minimum atomic E-state index is -0.705. The van der Waals surface area contributed by atoms with Crippen molar-refractivity contribution in [2.45, 2.75) is 19.6 Å². The third kappa shape index (κ3) is 1.78. The summed E-state index contributed by atoms with van der Waals surface area (Å²) < 4.78 is 12.4. The van der Waals surface area contributed by atoms with E-state index >= 15 is 0 Å². The molecule has 19 heavy (non-hydrogen) atoms. The molecule has 0 saturated carbocycles. The van der Waals surface area contributed by atoms with E-state index < -0.39 is 12.3 Å². The highest BCUT2D eigenvalue weighted by atomic mass is 16.7. The average molecular weight is 259 g/mol. The van der Waals surface area contributed by atoms with Crippen molar-refractivity contribution >= 4 is 16.9 Å². The molecule has 98 valence electrons. The van der Waals surface area contributed by atoms with Gasteiger partial charge in [-0.15, -0.1) is 0 Å². The number of hydrogen-bond acceptors (Lipinski definition) is 4. The van der Waals surface area contributed by atoms with Gasteiger partial charge in [-0.2, -0.15) is 0 Å². The number of nitrogens with zero attached hydrogens (tertiary/aromatic N) is 1. The second kappa shape index (κ2) is 4.12. The molecule has 3 rings (SSSR count). The molecule has 0 N–H and O–H groups in total. The van der Waals surface area contributed by atoms with Gasteiger partial charge in [0.05, 0.1) is 17.5 Å². The Bertz CT molecular complexity index is 732. The molecular weight excluding hydrogens is 246 g/mol. The minimum absolute atomic E-state index is 0.0571. The number of benzene rings is 1. The fraction of sp³-hybridized carbons (Fsp3) is 0.286. The van der Waals surface area contributed by atoms with Gasteiger partial charge in [-0.3, -0.25) is 9.59 Å². The SMILES string of the molecule is CC(=O)OC1Cc2c(n(C)c3ccccc3c2=O)O1. The van der Waals surface area contributed by atoms with Crippen molar-refractivity contribution in [3.63, 3.8) is 0 Å². The molecule has 0 fully saturated rings. The van der Waals surface area contributed by atoms with E-state index in [9.17, 15) is 9.59 Å². The van der Waals surface area contributed by atoms with E-state index in [0.717, 1.165) is 5.52 Å². The van der Waals surface area contributed by atoms with Crippen molar-refractivity contribution in [3.05, 3.63) is 40.1 Å². The first-order valence-electron chi connectivity index (χ1n) is 6.02. The number of carbonyl (C=O) groups is 1. The van der Waals surface area contributed by atoms with Gasteiger partial charge in [-0.25, -0.2) is 0 Å². The minimum Gasteiger partial charge on any atom is -0.439 e. The summed E-state index contributed by atoms with van der Waals surface area (Å²) in [7, 11) is 1.83. The molecule has 0 aliphatic carbocycles. The van der Waals surface area contributed by atoms with Crippen molar-refractivity contribution in [2.24, 2.45) is 7.05 Å². The van der Waals surface area contributed by atoms with Crippen LogP contribution >= 0.6 is 0 Å². The largest absolute Gasteiger partial charge is 0.439 e. The molecule has 1 aliphatic heterocycles. The Morgan fingerprint density at radius 2 is 2.16 bits per heavy atom. The molecule has 1 unspecified atom stereocenters. The van der Waals surface area contributed by atoms with Crippen LogP contribution in [0, 0.1) is 0 Å². The molecule has 2 heterocycles. The van der Waals surface area contributed by atoms with Crippen LogP contribution in [0.2, 0.25) is 0 Å². The van der Waals surface area contributed by atoms with Crippen molar-refractivity contribution in [3.8, 4) is 5.88 Å². The monoisotopic (exact) mass is 259 g/mol. The molecule has 1 aromatic heterocycles. The molecule has 0 radical (unpaired) electrons. The number of para-hydroxylation sites is 1. The Morgan fingerprint density at radius 1 is 1.42 bits per heavy atom. The smallest absolute Gasteiger partial charge is 0.305 e.